The number of nitrogens with zero attached hydrogens (tertiary/aromatic N) is 1. The zero-order chi connectivity index (χ0) is 18.2. The summed E-state index contributed by atoms with van der Waals surface area (Å²) >= 11 is 3.04. The highest BCUT2D eigenvalue weighted by atomic mass is 32.2. The molecule has 1 N–H and O–H groups in total. The van der Waals surface area contributed by atoms with Crippen LogP contribution >= 0.6 is 23.5 Å². The molecule has 0 aliphatic heterocycles. The maximum atomic E-state index is 12.0. The summed E-state index contributed by atoms with van der Waals surface area (Å²) in [5, 5.41) is 13.8. The first-order valence-corrected chi connectivity index (χ1v) is 9.74. The van der Waals surface area contributed by atoms with Gasteiger partial charge in [0.05, 0.1) is 17.8 Å². The lowest BCUT2D eigenvalue weighted by Crippen LogP contribution is -2.14. The van der Waals surface area contributed by atoms with E-state index in [9.17, 15) is 14.9 Å². The monoisotopic (exact) mass is 378 g/mol. The summed E-state index contributed by atoms with van der Waals surface area (Å²) in [5.41, 5.74) is 1.46. The predicted molar refractivity (Wildman–Crippen MR) is 103 cm³/mol. The molecule has 2 aromatic carbocycles. The number of nitro groups is 1. The Morgan fingerprint density at radius 3 is 2.56 bits per heavy atom. The second-order valence-electron chi connectivity index (χ2n) is 5.03. The lowest BCUT2D eigenvalue weighted by Gasteiger charge is -2.07. The number of thioether (sulfide) groups is 2. The molecular formula is C17H18N2O4S2. The van der Waals surface area contributed by atoms with Crippen molar-refractivity contribution in [2.45, 2.75) is 10.6 Å². The molecule has 0 saturated heterocycles. The van der Waals surface area contributed by atoms with E-state index in [2.05, 4.69) is 5.32 Å². The number of hydrogen-bond donors (Lipinski definition) is 1. The van der Waals surface area contributed by atoms with Crippen molar-refractivity contribution in [3.63, 3.8) is 0 Å². The van der Waals surface area contributed by atoms with Gasteiger partial charge in [-0.1, -0.05) is 6.07 Å². The van der Waals surface area contributed by atoms with Crippen LogP contribution < -0.4 is 10.1 Å². The molecule has 1 amide bonds. The van der Waals surface area contributed by atoms with Gasteiger partial charge >= 0.3 is 5.69 Å². The van der Waals surface area contributed by atoms with Crippen molar-refractivity contribution in [3.8, 4) is 5.75 Å². The van der Waals surface area contributed by atoms with E-state index in [1.165, 1.54) is 24.9 Å². The van der Waals surface area contributed by atoms with Gasteiger partial charge < -0.3 is 10.1 Å². The first-order chi connectivity index (χ1) is 12.0. The van der Waals surface area contributed by atoms with Crippen molar-refractivity contribution in [2.24, 2.45) is 0 Å². The topological polar surface area (TPSA) is 81.5 Å². The summed E-state index contributed by atoms with van der Waals surface area (Å²) in [6.07, 6.45) is 1.99. The van der Waals surface area contributed by atoms with Gasteiger partial charge in [0.25, 0.3) is 0 Å². The molecule has 6 nitrogen and oxygen atoms in total. The summed E-state index contributed by atoms with van der Waals surface area (Å²) in [4.78, 5) is 23.6. The number of benzene rings is 2. The SMILES string of the molecule is COc1ccc(CSCC(=O)Nc2ccc(SC)cc2)cc1[N+](=O)[O-]. The van der Waals surface area contributed by atoms with Crippen molar-refractivity contribution in [1.82, 2.24) is 0 Å². The van der Waals surface area contributed by atoms with Crippen LogP contribution in [0.2, 0.25) is 0 Å². The Morgan fingerprint density at radius 1 is 1.24 bits per heavy atom. The van der Waals surface area contributed by atoms with E-state index in [0.717, 1.165) is 16.1 Å². The highest BCUT2D eigenvalue weighted by molar-refractivity contribution is 7.99. The number of methoxy groups -OCH3 is 1. The maximum absolute atomic E-state index is 12.0. The van der Waals surface area contributed by atoms with Gasteiger partial charge in [-0.15, -0.1) is 23.5 Å². The molecule has 0 aliphatic carbocycles. The zero-order valence-electron chi connectivity index (χ0n) is 13.9. The van der Waals surface area contributed by atoms with Gasteiger partial charge in [0.1, 0.15) is 0 Å². The van der Waals surface area contributed by atoms with E-state index in [0.29, 0.717) is 5.75 Å². The van der Waals surface area contributed by atoms with Crippen molar-refractivity contribution in [1.29, 1.82) is 0 Å². The molecule has 0 radical (unpaired) electrons. The molecule has 0 unspecified atom stereocenters. The Morgan fingerprint density at radius 2 is 1.96 bits per heavy atom. The Balaban J connectivity index is 1.86. The van der Waals surface area contributed by atoms with Crippen molar-refractivity contribution in [3.05, 3.63) is 58.1 Å². The van der Waals surface area contributed by atoms with Crippen LogP contribution in [0.4, 0.5) is 11.4 Å². The van der Waals surface area contributed by atoms with Gasteiger partial charge in [-0.3, -0.25) is 14.9 Å². The number of carbonyl (C=O) groups excluding carboxylic acids is 1. The molecule has 0 aromatic heterocycles. The van der Waals surface area contributed by atoms with Crippen LogP contribution in [0.1, 0.15) is 5.56 Å². The average molecular weight is 378 g/mol. The molecule has 2 rings (SSSR count). The van der Waals surface area contributed by atoms with Crippen molar-refractivity contribution in [2.75, 3.05) is 24.4 Å². The standard InChI is InChI=1S/C17H18N2O4S2/c1-23-16-8-3-12(9-15(16)19(21)22)10-25-11-17(20)18-13-4-6-14(24-2)7-5-13/h3-9H,10-11H2,1-2H3,(H,18,20). The average Bonchev–Trinajstić information content (AvgIpc) is 2.62. The fourth-order valence-corrected chi connectivity index (χ4v) is 3.28. The molecule has 0 bridgehead atoms. The van der Waals surface area contributed by atoms with Crippen LogP contribution in [0.3, 0.4) is 0 Å². The summed E-state index contributed by atoms with van der Waals surface area (Å²) in [6.45, 7) is 0. The third-order valence-electron chi connectivity index (χ3n) is 3.32. The molecule has 0 spiro atoms. The molecule has 0 atom stereocenters. The minimum atomic E-state index is -0.474. The number of nitrogens with one attached hydrogen (secondary N) is 1. The minimum Gasteiger partial charge on any atom is -0.490 e. The lowest BCUT2D eigenvalue weighted by molar-refractivity contribution is -0.385. The number of carbonyl (C=O) groups is 1. The Hall–Kier alpha value is -2.19. The van der Waals surface area contributed by atoms with Crippen LogP contribution in [0.25, 0.3) is 0 Å². The van der Waals surface area contributed by atoms with E-state index in [4.69, 9.17) is 4.74 Å². The number of nitro benzene ring substituents is 1. The minimum absolute atomic E-state index is 0.0704. The number of amides is 1. The molecule has 0 saturated carbocycles. The molecule has 8 heteroatoms. The first-order valence-electron chi connectivity index (χ1n) is 7.36. The summed E-state index contributed by atoms with van der Waals surface area (Å²) in [6, 6.07) is 12.4. The van der Waals surface area contributed by atoms with E-state index in [-0.39, 0.29) is 23.1 Å². The largest absolute Gasteiger partial charge is 0.490 e. The summed E-state index contributed by atoms with van der Waals surface area (Å²) < 4.78 is 4.97. The molecule has 132 valence electrons. The van der Waals surface area contributed by atoms with E-state index < -0.39 is 4.92 Å². The van der Waals surface area contributed by atoms with Gasteiger partial charge in [-0.2, -0.15) is 0 Å². The second-order valence-corrected chi connectivity index (χ2v) is 6.90. The molecule has 2 aromatic rings. The molecule has 0 fully saturated rings. The highest BCUT2D eigenvalue weighted by Crippen LogP contribution is 2.29. The fourth-order valence-electron chi connectivity index (χ4n) is 2.10. The van der Waals surface area contributed by atoms with Crippen LogP contribution in [0, 0.1) is 10.1 Å². The molecular weight excluding hydrogens is 360 g/mol. The van der Waals surface area contributed by atoms with Crippen LogP contribution in [0.15, 0.2) is 47.4 Å². The second kappa shape index (κ2) is 9.33. The van der Waals surface area contributed by atoms with Gasteiger partial charge in [0.15, 0.2) is 5.75 Å². The molecule has 0 heterocycles. The van der Waals surface area contributed by atoms with Crippen molar-refractivity contribution < 1.29 is 14.5 Å². The summed E-state index contributed by atoms with van der Waals surface area (Å²) in [7, 11) is 1.40. The number of anilines is 1. The van der Waals surface area contributed by atoms with Gasteiger partial charge in [-0.25, -0.2) is 0 Å². The van der Waals surface area contributed by atoms with Crippen molar-refractivity contribution >= 4 is 40.8 Å². The van der Waals surface area contributed by atoms with Crippen LogP contribution in [-0.2, 0) is 10.5 Å². The smallest absolute Gasteiger partial charge is 0.311 e. The van der Waals surface area contributed by atoms with E-state index in [1.54, 1.807) is 23.9 Å². The van der Waals surface area contributed by atoms with Crippen LogP contribution in [0.5, 0.6) is 5.75 Å². The predicted octanol–water partition coefficient (Wildman–Crippen LogP) is 4.20. The maximum Gasteiger partial charge on any atom is 0.311 e. The Kier molecular flexibility index (Phi) is 7.15. The lowest BCUT2D eigenvalue weighted by atomic mass is 10.2. The Bertz CT molecular complexity index is 751. The third-order valence-corrected chi connectivity index (χ3v) is 5.06. The third kappa shape index (κ3) is 5.68. The quantitative estimate of drug-likeness (QED) is 0.421. The Labute approximate surface area is 154 Å². The zero-order valence-corrected chi connectivity index (χ0v) is 15.5. The number of hydrogen-bond acceptors (Lipinski definition) is 6. The van der Waals surface area contributed by atoms with Gasteiger partial charge in [0, 0.05) is 22.4 Å². The molecule has 25 heavy (non-hydrogen) atoms. The van der Waals surface area contributed by atoms with Crippen LogP contribution in [-0.4, -0.2) is 29.9 Å². The highest BCUT2D eigenvalue weighted by Gasteiger charge is 2.15. The normalized spacial score (nSPS) is 10.3. The van der Waals surface area contributed by atoms with E-state index in [1.807, 2.05) is 30.5 Å². The first kappa shape index (κ1) is 19.1. The van der Waals surface area contributed by atoms with Gasteiger partial charge in [-0.05, 0) is 42.2 Å². The summed E-state index contributed by atoms with van der Waals surface area (Å²) in [5.74, 6) is 0.892. The molecule has 0 aliphatic rings. The van der Waals surface area contributed by atoms with Gasteiger partial charge in [0.2, 0.25) is 5.91 Å². The number of rotatable bonds is 8. The fraction of sp³-hybridized carbons (Fsp3) is 0.235. The number of ether oxygens (including phenoxy) is 1. The van der Waals surface area contributed by atoms with E-state index >= 15 is 0 Å².